The van der Waals surface area contributed by atoms with E-state index in [1.807, 2.05) is 0 Å². The molecule has 4 aliphatic rings. The molecule has 1 aromatic carbocycles. The van der Waals surface area contributed by atoms with Crippen molar-refractivity contribution in [1.82, 2.24) is 9.62 Å². The van der Waals surface area contributed by atoms with E-state index in [0.717, 1.165) is 31.5 Å². The van der Waals surface area contributed by atoms with E-state index in [2.05, 4.69) is 5.32 Å². The summed E-state index contributed by atoms with van der Waals surface area (Å²) >= 11 is 0. The number of ketones is 1. The first-order valence-electron chi connectivity index (χ1n) is 12.8. The van der Waals surface area contributed by atoms with E-state index in [9.17, 15) is 31.2 Å². The summed E-state index contributed by atoms with van der Waals surface area (Å²) < 4.78 is 67.0. The fraction of sp³-hybridized carbons (Fsp3) is 0.577. The van der Waals surface area contributed by atoms with Crippen LogP contribution in [0.5, 0.6) is 0 Å². The number of sulfonamides is 1. The molecule has 2 fully saturated rings. The summed E-state index contributed by atoms with van der Waals surface area (Å²) in [6, 6.07) is 4.90. The first-order chi connectivity index (χ1) is 17.5. The van der Waals surface area contributed by atoms with Crippen LogP contribution in [0.15, 0.2) is 29.3 Å². The lowest BCUT2D eigenvalue weighted by Crippen LogP contribution is -2.51. The van der Waals surface area contributed by atoms with E-state index < -0.39 is 33.1 Å². The minimum atomic E-state index is -5.00. The molecule has 0 atom stereocenters. The summed E-state index contributed by atoms with van der Waals surface area (Å²) in [4.78, 5) is 29.6. The van der Waals surface area contributed by atoms with Crippen molar-refractivity contribution in [2.24, 2.45) is 10.9 Å². The van der Waals surface area contributed by atoms with Crippen LogP contribution in [0, 0.1) is 5.92 Å². The topological polar surface area (TPSA) is 95.9 Å². The number of carbonyl (C=O) groups excluding carboxylic acids is 2. The number of alkyl halides is 3. The van der Waals surface area contributed by atoms with Crippen LogP contribution in [-0.2, 0) is 32.5 Å². The molecule has 1 aromatic rings. The third-order valence-electron chi connectivity index (χ3n) is 8.10. The maximum absolute atomic E-state index is 13.2. The maximum atomic E-state index is 13.2. The van der Waals surface area contributed by atoms with Crippen molar-refractivity contribution >= 4 is 33.1 Å². The highest BCUT2D eigenvalue weighted by molar-refractivity contribution is 7.89. The predicted molar refractivity (Wildman–Crippen MR) is 132 cm³/mol. The zero-order chi connectivity index (χ0) is 26.4. The third-order valence-corrected chi connectivity index (χ3v) is 9.97. The van der Waals surface area contributed by atoms with Gasteiger partial charge in [-0.15, -0.1) is 0 Å². The second kappa shape index (κ2) is 9.65. The van der Waals surface area contributed by atoms with Crippen molar-refractivity contribution in [2.45, 2.75) is 69.5 Å². The molecule has 0 aromatic heterocycles. The van der Waals surface area contributed by atoms with Crippen molar-refractivity contribution < 1.29 is 31.2 Å². The van der Waals surface area contributed by atoms with Gasteiger partial charge in [-0.05, 0) is 55.2 Å². The Hall–Kier alpha value is -2.53. The quantitative estimate of drug-likeness (QED) is 0.600. The Labute approximate surface area is 214 Å². The van der Waals surface area contributed by atoms with Gasteiger partial charge >= 0.3 is 6.18 Å². The summed E-state index contributed by atoms with van der Waals surface area (Å²) in [5.41, 5.74) is -0.135. The Morgan fingerprint density at radius 2 is 1.84 bits per heavy atom. The van der Waals surface area contributed by atoms with Gasteiger partial charge in [0.2, 0.25) is 10.0 Å². The molecule has 0 unspecified atom stereocenters. The number of amidine groups is 1. The number of fused-ring (bicyclic) bond motifs is 1. The van der Waals surface area contributed by atoms with E-state index in [4.69, 9.17) is 4.99 Å². The van der Waals surface area contributed by atoms with E-state index in [1.165, 1.54) is 16.8 Å². The number of rotatable bonds is 6. The van der Waals surface area contributed by atoms with Gasteiger partial charge < -0.3 is 5.32 Å². The summed E-state index contributed by atoms with van der Waals surface area (Å²) in [5.74, 6) is -1.36. The third kappa shape index (κ3) is 4.99. The first kappa shape index (κ1) is 26.1. The number of amides is 1. The van der Waals surface area contributed by atoms with Gasteiger partial charge in [-0.1, -0.05) is 43.5 Å². The van der Waals surface area contributed by atoms with E-state index >= 15 is 0 Å². The molecule has 7 nitrogen and oxygen atoms in total. The van der Waals surface area contributed by atoms with Crippen LogP contribution in [-0.4, -0.2) is 60.8 Å². The van der Waals surface area contributed by atoms with Crippen LogP contribution in [0.25, 0.3) is 5.57 Å². The Kier molecular flexibility index (Phi) is 6.81. The largest absolute Gasteiger partial charge is 0.454 e. The highest BCUT2D eigenvalue weighted by atomic mass is 32.2. The lowest BCUT2D eigenvalue weighted by molar-refractivity contribution is -0.164. The number of hydrogen-bond donors (Lipinski definition) is 1. The molecule has 2 heterocycles. The second-order valence-electron chi connectivity index (χ2n) is 10.4. The molecule has 11 heteroatoms. The van der Waals surface area contributed by atoms with Crippen LogP contribution in [0.3, 0.4) is 0 Å². The number of carbonyl (C=O) groups is 2. The molecule has 5 rings (SSSR count). The van der Waals surface area contributed by atoms with Crippen molar-refractivity contribution in [2.75, 3.05) is 18.8 Å². The molecule has 2 aliphatic heterocycles. The van der Waals surface area contributed by atoms with Crippen molar-refractivity contribution in [3.63, 3.8) is 0 Å². The number of piperidine rings is 1. The summed E-state index contributed by atoms with van der Waals surface area (Å²) in [5, 5.41) is 2.96. The standard InChI is InChI=1S/C26H30F3N3O4S/c27-26(28,29)22(33)20-10-9-17-7-4-8-18(21(17)20)11-16-37(35,36)32-14-12-25(13-15-32)24(34)30-23(31-25)19-5-2-1-3-6-19/h4,7-8,10,19H,1-3,5-6,9,11-16H2,(H,30,31,34). The second-order valence-corrected chi connectivity index (χ2v) is 12.5. The van der Waals surface area contributed by atoms with Gasteiger partial charge in [0, 0.05) is 24.6 Å². The monoisotopic (exact) mass is 537 g/mol. The highest BCUT2D eigenvalue weighted by Crippen LogP contribution is 2.37. The number of nitrogens with zero attached hydrogens (tertiary/aromatic N) is 2. The first-order valence-corrected chi connectivity index (χ1v) is 14.4. The minimum Gasteiger partial charge on any atom is -0.312 e. The zero-order valence-electron chi connectivity index (χ0n) is 20.4. The molecule has 200 valence electrons. The molecule has 1 spiro atoms. The fourth-order valence-electron chi connectivity index (χ4n) is 6.00. The lowest BCUT2D eigenvalue weighted by Gasteiger charge is -2.34. The Morgan fingerprint density at radius 3 is 2.51 bits per heavy atom. The van der Waals surface area contributed by atoms with Gasteiger partial charge in [0.05, 0.1) is 5.75 Å². The molecule has 1 amide bonds. The van der Waals surface area contributed by atoms with Gasteiger partial charge in [-0.3, -0.25) is 14.6 Å². The number of hydrogen-bond acceptors (Lipinski definition) is 5. The van der Waals surface area contributed by atoms with Crippen molar-refractivity contribution in [1.29, 1.82) is 0 Å². The van der Waals surface area contributed by atoms with Gasteiger partial charge in [-0.25, -0.2) is 12.7 Å². The highest BCUT2D eigenvalue weighted by Gasteiger charge is 2.48. The van der Waals surface area contributed by atoms with Crippen molar-refractivity contribution in [3.05, 3.63) is 41.0 Å². The van der Waals surface area contributed by atoms with Crippen LogP contribution in [0.4, 0.5) is 13.2 Å². The van der Waals surface area contributed by atoms with E-state index in [0.29, 0.717) is 24.0 Å². The zero-order valence-corrected chi connectivity index (χ0v) is 21.3. The van der Waals surface area contributed by atoms with Crippen LogP contribution in [0.1, 0.15) is 61.6 Å². The average Bonchev–Trinajstić information content (AvgIpc) is 3.44. The molecule has 1 N–H and O–H groups in total. The van der Waals surface area contributed by atoms with Crippen LogP contribution in [0.2, 0.25) is 0 Å². The molecule has 0 radical (unpaired) electrons. The summed E-state index contributed by atoms with van der Waals surface area (Å²) in [6.07, 6.45) is 2.47. The number of aryl methyl sites for hydroxylation is 1. The molecule has 0 bridgehead atoms. The van der Waals surface area contributed by atoms with Gasteiger partial charge in [0.1, 0.15) is 11.4 Å². The lowest BCUT2D eigenvalue weighted by atomic mass is 9.88. The van der Waals surface area contributed by atoms with Crippen LogP contribution >= 0.6 is 0 Å². The Morgan fingerprint density at radius 1 is 1.14 bits per heavy atom. The summed E-state index contributed by atoms with van der Waals surface area (Å²) in [7, 11) is -3.74. The number of aliphatic imine (C=N–C) groups is 1. The molecular formula is C26H30F3N3O4S. The molecule has 37 heavy (non-hydrogen) atoms. The number of nitrogens with one attached hydrogen (secondary N) is 1. The smallest absolute Gasteiger partial charge is 0.312 e. The van der Waals surface area contributed by atoms with Gasteiger partial charge in [0.25, 0.3) is 11.7 Å². The number of Topliss-reactive ketones (excluding diaryl/α,β-unsaturated/α-hetero) is 1. The van der Waals surface area contributed by atoms with E-state index in [1.54, 1.807) is 18.2 Å². The minimum absolute atomic E-state index is 0.0138. The van der Waals surface area contributed by atoms with Gasteiger partial charge in [-0.2, -0.15) is 13.2 Å². The molecular weight excluding hydrogens is 507 g/mol. The SMILES string of the molecule is O=C(C1=CCc2cccc(CCS(=O)(=O)N3CCC4(CC3)N=C(C3CCCCC3)NC4=O)c21)C(F)(F)F. The average molecular weight is 538 g/mol. The summed E-state index contributed by atoms with van der Waals surface area (Å²) in [6.45, 7) is 0.309. The number of halogens is 3. The predicted octanol–water partition coefficient (Wildman–Crippen LogP) is 3.57. The van der Waals surface area contributed by atoms with E-state index in [-0.39, 0.29) is 49.1 Å². The number of allylic oxidation sites excluding steroid dienone is 2. The Balaban J connectivity index is 1.25. The normalized spacial score (nSPS) is 22.5. The fourth-order valence-corrected chi connectivity index (χ4v) is 7.48. The Bertz CT molecular complexity index is 1270. The van der Waals surface area contributed by atoms with Crippen LogP contribution < -0.4 is 5.32 Å². The van der Waals surface area contributed by atoms with Crippen molar-refractivity contribution in [3.8, 4) is 0 Å². The maximum Gasteiger partial charge on any atom is 0.454 e. The molecule has 1 saturated heterocycles. The number of benzene rings is 1. The molecule has 2 aliphatic carbocycles. The van der Waals surface area contributed by atoms with Gasteiger partial charge in [0.15, 0.2) is 0 Å². The molecule has 1 saturated carbocycles.